The van der Waals surface area contributed by atoms with Crippen molar-refractivity contribution in [2.24, 2.45) is 4.99 Å². The maximum atomic E-state index is 10.3. The van der Waals surface area contributed by atoms with E-state index in [4.69, 9.17) is 0 Å². The maximum absolute atomic E-state index is 10.3. The van der Waals surface area contributed by atoms with Crippen molar-refractivity contribution < 1.29 is 4.79 Å². The van der Waals surface area contributed by atoms with Crippen LogP contribution in [0.3, 0.4) is 0 Å². The van der Waals surface area contributed by atoms with Crippen LogP contribution in [0.1, 0.15) is 12.7 Å². The van der Waals surface area contributed by atoms with Crippen LogP contribution in [-0.4, -0.2) is 15.6 Å². The summed E-state index contributed by atoms with van der Waals surface area (Å²) in [7, 11) is 0. The minimum atomic E-state index is 0.602. The fraction of sp³-hybridized carbons (Fsp3) is 0.167. The molecule has 4 heteroatoms. The van der Waals surface area contributed by atoms with Crippen molar-refractivity contribution in [1.82, 2.24) is 9.55 Å². The lowest BCUT2D eigenvalue weighted by Gasteiger charge is -2.08. The first-order valence-electron chi connectivity index (χ1n) is 5.06. The van der Waals surface area contributed by atoms with Crippen LogP contribution in [0.15, 0.2) is 41.7 Å². The highest BCUT2D eigenvalue weighted by Crippen LogP contribution is 2.23. The molecule has 0 bridgehead atoms. The molecule has 0 saturated carbocycles. The molecule has 0 saturated heterocycles. The van der Waals surface area contributed by atoms with Gasteiger partial charge < -0.3 is 4.57 Å². The topological polar surface area (TPSA) is 47.2 Å². The first kappa shape index (κ1) is 10.3. The Morgan fingerprint density at radius 1 is 1.44 bits per heavy atom. The third-order valence-corrected chi connectivity index (χ3v) is 2.34. The second-order valence-corrected chi connectivity index (χ2v) is 3.26. The average Bonchev–Trinajstić information content (AvgIpc) is 2.78. The molecule has 2 rings (SSSR count). The normalized spacial score (nSPS) is 9.81. The predicted octanol–water partition coefficient (Wildman–Crippen LogP) is 2.40. The van der Waals surface area contributed by atoms with E-state index in [1.807, 2.05) is 35.9 Å². The van der Waals surface area contributed by atoms with Crippen molar-refractivity contribution >= 4 is 11.8 Å². The van der Waals surface area contributed by atoms with Gasteiger partial charge in [0.25, 0.3) is 0 Å². The average molecular weight is 213 g/mol. The summed E-state index contributed by atoms with van der Waals surface area (Å²) in [5, 5.41) is 0. The van der Waals surface area contributed by atoms with Gasteiger partial charge in [-0.1, -0.05) is 19.1 Å². The number of rotatable bonds is 3. The number of hydrogen-bond acceptors (Lipinski definition) is 3. The Balaban J connectivity index is 2.59. The second-order valence-electron chi connectivity index (χ2n) is 3.26. The van der Waals surface area contributed by atoms with E-state index in [-0.39, 0.29) is 0 Å². The Morgan fingerprint density at radius 2 is 2.25 bits per heavy atom. The Morgan fingerprint density at radius 3 is 3.00 bits per heavy atom. The molecule has 80 valence electrons. The number of isocyanates is 1. The van der Waals surface area contributed by atoms with Crippen molar-refractivity contribution in [3.63, 3.8) is 0 Å². The fourth-order valence-electron chi connectivity index (χ4n) is 1.63. The molecule has 16 heavy (non-hydrogen) atoms. The Labute approximate surface area is 93.3 Å². The molecule has 0 radical (unpaired) electrons. The summed E-state index contributed by atoms with van der Waals surface area (Å²) < 4.78 is 1.93. The van der Waals surface area contributed by atoms with Crippen molar-refractivity contribution in [2.45, 2.75) is 13.3 Å². The molecule has 0 unspecified atom stereocenters. The Hall–Kier alpha value is -2.19. The van der Waals surface area contributed by atoms with Crippen LogP contribution in [0, 0.1) is 0 Å². The maximum Gasteiger partial charge on any atom is 0.240 e. The number of carbonyl (C=O) groups excluding carboxylic acids is 1. The van der Waals surface area contributed by atoms with Crippen LogP contribution in [-0.2, 0) is 11.2 Å². The van der Waals surface area contributed by atoms with E-state index in [0.29, 0.717) is 5.69 Å². The molecule has 0 atom stereocenters. The highest BCUT2D eigenvalue weighted by molar-refractivity contribution is 5.61. The van der Waals surface area contributed by atoms with Crippen LogP contribution in [0.2, 0.25) is 0 Å². The molecule has 0 fully saturated rings. The third-order valence-electron chi connectivity index (χ3n) is 2.34. The van der Waals surface area contributed by atoms with Gasteiger partial charge in [0.05, 0.1) is 5.69 Å². The third kappa shape index (κ3) is 1.78. The summed E-state index contributed by atoms with van der Waals surface area (Å²) >= 11 is 0. The molecule has 1 heterocycles. The molecule has 2 aromatic rings. The van der Waals surface area contributed by atoms with Gasteiger partial charge in [-0.25, -0.2) is 9.78 Å². The number of aliphatic imine (C=N–C) groups is 1. The molecule has 0 aliphatic rings. The van der Waals surface area contributed by atoms with Crippen molar-refractivity contribution in [1.29, 1.82) is 0 Å². The molecule has 0 amide bonds. The summed E-state index contributed by atoms with van der Waals surface area (Å²) in [4.78, 5) is 18.3. The summed E-state index contributed by atoms with van der Waals surface area (Å²) in [6.45, 7) is 2.03. The standard InChI is InChI=1S/C12H11N3O/c1-2-12-13-7-8-15(12)11-6-4-3-5-10(11)14-9-16/h3-8H,2H2,1H3. The Bertz CT molecular complexity index is 539. The molecular formula is C12H11N3O. The number of benzene rings is 1. The molecule has 0 aliphatic heterocycles. The van der Waals surface area contributed by atoms with E-state index < -0.39 is 0 Å². The van der Waals surface area contributed by atoms with Gasteiger partial charge in [0.15, 0.2) is 0 Å². The van der Waals surface area contributed by atoms with Gasteiger partial charge in [0.2, 0.25) is 6.08 Å². The smallest absolute Gasteiger partial charge is 0.240 e. The molecule has 1 aromatic heterocycles. The first-order chi connectivity index (χ1) is 7.86. The molecule has 0 aliphatic carbocycles. The summed E-state index contributed by atoms with van der Waals surface area (Å²) in [6.07, 6.45) is 5.99. The predicted molar refractivity (Wildman–Crippen MR) is 60.7 cm³/mol. The minimum Gasteiger partial charge on any atom is -0.302 e. The number of hydrogen-bond donors (Lipinski definition) is 0. The first-order valence-corrected chi connectivity index (χ1v) is 5.06. The van der Waals surface area contributed by atoms with E-state index in [2.05, 4.69) is 9.98 Å². The largest absolute Gasteiger partial charge is 0.302 e. The highest BCUT2D eigenvalue weighted by Gasteiger charge is 2.06. The minimum absolute atomic E-state index is 0.602. The van der Waals surface area contributed by atoms with Crippen LogP contribution in [0.25, 0.3) is 5.69 Å². The van der Waals surface area contributed by atoms with Crippen molar-refractivity contribution in [3.8, 4) is 5.69 Å². The van der Waals surface area contributed by atoms with Gasteiger partial charge in [-0.2, -0.15) is 4.99 Å². The number of aromatic nitrogens is 2. The lowest BCUT2D eigenvalue weighted by atomic mass is 10.2. The zero-order chi connectivity index (χ0) is 11.4. The monoisotopic (exact) mass is 213 g/mol. The summed E-state index contributed by atoms with van der Waals surface area (Å²) in [6, 6.07) is 7.41. The lowest BCUT2D eigenvalue weighted by molar-refractivity contribution is 0.565. The van der Waals surface area contributed by atoms with Gasteiger partial charge in [-0.15, -0.1) is 0 Å². The number of aryl methyl sites for hydroxylation is 1. The fourth-order valence-corrected chi connectivity index (χ4v) is 1.63. The summed E-state index contributed by atoms with van der Waals surface area (Å²) in [5.41, 5.74) is 1.45. The number of imidazole rings is 1. The van der Waals surface area contributed by atoms with Gasteiger partial charge in [-0.3, -0.25) is 0 Å². The van der Waals surface area contributed by atoms with Gasteiger partial charge in [0, 0.05) is 18.8 Å². The molecule has 0 spiro atoms. The zero-order valence-corrected chi connectivity index (χ0v) is 8.92. The number of para-hydroxylation sites is 2. The highest BCUT2D eigenvalue weighted by atomic mass is 16.1. The van der Waals surface area contributed by atoms with Crippen LogP contribution >= 0.6 is 0 Å². The van der Waals surface area contributed by atoms with Crippen molar-refractivity contribution in [2.75, 3.05) is 0 Å². The van der Waals surface area contributed by atoms with Crippen LogP contribution in [0.4, 0.5) is 5.69 Å². The molecule has 0 N–H and O–H groups in total. The molecular weight excluding hydrogens is 202 g/mol. The van der Waals surface area contributed by atoms with Crippen LogP contribution < -0.4 is 0 Å². The SMILES string of the molecule is CCc1nccn1-c1ccccc1N=C=O. The molecule has 4 nitrogen and oxygen atoms in total. The van der Waals surface area contributed by atoms with E-state index in [9.17, 15) is 4.79 Å². The van der Waals surface area contributed by atoms with E-state index in [1.54, 1.807) is 18.3 Å². The van der Waals surface area contributed by atoms with Crippen LogP contribution in [0.5, 0.6) is 0 Å². The lowest BCUT2D eigenvalue weighted by Crippen LogP contribution is -1.98. The second kappa shape index (κ2) is 4.55. The summed E-state index contributed by atoms with van der Waals surface area (Å²) in [5.74, 6) is 0.938. The van der Waals surface area contributed by atoms with E-state index >= 15 is 0 Å². The van der Waals surface area contributed by atoms with E-state index in [1.165, 1.54) is 0 Å². The zero-order valence-electron chi connectivity index (χ0n) is 8.92. The van der Waals surface area contributed by atoms with Crippen molar-refractivity contribution in [3.05, 3.63) is 42.5 Å². The van der Waals surface area contributed by atoms with Gasteiger partial charge in [0.1, 0.15) is 11.5 Å². The molecule has 1 aromatic carbocycles. The Kier molecular flexibility index (Phi) is 2.94. The number of nitrogens with zero attached hydrogens (tertiary/aromatic N) is 3. The van der Waals surface area contributed by atoms with Gasteiger partial charge in [-0.05, 0) is 12.1 Å². The van der Waals surface area contributed by atoms with Gasteiger partial charge >= 0.3 is 0 Å². The quantitative estimate of drug-likeness (QED) is 0.580. The van der Waals surface area contributed by atoms with E-state index in [0.717, 1.165) is 17.9 Å².